The summed E-state index contributed by atoms with van der Waals surface area (Å²) in [7, 11) is 0. The lowest BCUT2D eigenvalue weighted by Gasteiger charge is -2.09. The average molecular weight is 350 g/mol. The lowest BCUT2D eigenvalue weighted by atomic mass is 9.97. The van der Waals surface area contributed by atoms with E-state index in [1.165, 1.54) is 6.92 Å². The van der Waals surface area contributed by atoms with Crippen LogP contribution in [0.2, 0.25) is 0 Å². The number of rotatable bonds is 5. The van der Waals surface area contributed by atoms with Gasteiger partial charge in [0.2, 0.25) is 0 Å². The van der Waals surface area contributed by atoms with Crippen molar-refractivity contribution in [1.82, 2.24) is 0 Å². The number of Topliss-reactive ketones (excluding diaryl/α,β-unsaturated/α-hetero) is 1. The Balaban J connectivity index is 1.90. The van der Waals surface area contributed by atoms with Crippen molar-refractivity contribution < 1.29 is 13.6 Å². The topological polar surface area (TPSA) is 17.1 Å². The normalized spacial score (nSPS) is 10.8. The molecule has 0 bridgehead atoms. The largest absolute Gasteiger partial charge is 0.295 e. The summed E-state index contributed by atoms with van der Waals surface area (Å²) in [5.74, 6) is -1.53. The Morgan fingerprint density at radius 1 is 0.769 bits per heavy atom. The van der Waals surface area contributed by atoms with Crippen molar-refractivity contribution in [1.29, 1.82) is 0 Å². The molecule has 0 radical (unpaired) electrons. The van der Waals surface area contributed by atoms with Crippen LogP contribution in [-0.2, 0) is 6.42 Å². The lowest BCUT2D eigenvalue weighted by Crippen LogP contribution is -1.97. The van der Waals surface area contributed by atoms with E-state index in [2.05, 4.69) is 0 Å². The molecule has 0 saturated carbocycles. The van der Waals surface area contributed by atoms with Gasteiger partial charge < -0.3 is 0 Å². The fourth-order valence-electron chi connectivity index (χ4n) is 3.01. The highest BCUT2D eigenvalue weighted by atomic mass is 19.2. The van der Waals surface area contributed by atoms with Crippen LogP contribution in [-0.4, -0.2) is 5.78 Å². The van der Waals surface area contributed by atoms with Gasteiger partial charge in [-0.25, -0.2) is 8.78 Å². The van der Waals surface area contributed by atoms with Crippen molar-refractivity contribution in [3.8, 4) is 22.3 Å². The van der Waals surface area contributed by atoms with Crippen LogP contribution in [0.3, 0.4) is 0 Å². The number of carbonyl (C=O) groups excluding carboxylic acids is 1. The third-order valence-corrected chi connectivity index (χ3v) is 4.50. The zero-order valence-electron chi connectivity index (χ0n) is 14.9. The maximum atomic E-state index is 14.4. The minimum atomic E-state index is -0.797. The molecule has 132 valence electrons. The lowest BCUT2D eigenvalue weighted by molar-refractivity contribution is 0.101. The van der Waals surface area contributed by atoms with Crippen LogP contribution in [0.5, 0.6) is 0 Å². The third kappa shape index (κ3) is 3.57. The van der Waals surface area contributed by atoms with E-state index in [4.69, 9.17) is 0 Å². The zero-order valence-corrected chi connectivity index (χ0v) is 14.9. The Morgan fingerprint density at radius 3 is 1.85 bits per heavy atom. The molecule has 26 heavy (non-hydrogen) atoms. The summed E-state index contributed by atoms with van der Waals surface area (Å²) >= 11 is 0. The second-order valence-electron chi connectivity index (χ2n) is 6.36. The maximum Gasteiger partial charge on any atom is 0.166 e. The van der Waals surface area contributed by atoms with Gasteiger partial charge in [-0.3, -0.25) is 4.79 Å². The molecule has 0 N–H and O–H groups in total. The van der Waals surface area contributed by atoms with Crippen LogP contribution in [0.25, 0.3) is 22.3 Å². The van der Waals surface area contributed by atoms with E-state index < -0.39 is 11.6 Å². The van der Waals surface area contributed by atoms with E-state index in [1.807, 2.05) is 31.2 Å². The molecule has 0 spiro atoms. The van der Waals surface area contributed by atoms with Gasteiger partial charge in [0.15, 0.2) is 17.4 Å². The molecule has 0 amide bonds. The summed E-state index contributed by atoms with van der Waals surface area (Å²) in [4.78, 5) is 11.4. The van der Waals surface area contributed by atoms with Crippen molar-refractivity contribution in [3.05, 3.63) is 83.4 Å². The molecule has 0 unspecified atom stereocenters. The number of benzene rings is 3. The van der Waals surface area contributed by atoms with E-state index in [1.54, 1.807) is 36.4 Å². The number of carbonyl (C=O) groups is 1. The van der Waals surface area contributed by atoms with Gasteiger partial charge in [-0.2, -0.15) is 0 Å². The van der Waals surface area contributed by atoms with Crippen molar-refractivity contribution >= 4 is 5.78 Å². The van der Waals surface area contributed by atoms with E-state index in [0.717, 1.165) is 17.5 Å². The molecule has 1 nitrogen and oxygen atoms in total. The Kier molecular flexibility index (Phi) is 5.27. The van der Waals surface area contributed by atoms with Gasteiger partial charge in [0.25, 0.3) is 0 Å². The smallest absolute Gasteiger partial charge is 0.166 e. The van der Waals surface area contributed by atoms with Gasteiger partial charge in [0, 0.05) is 11.1 Å². The first-order valence-corrected chi connectivity index (χ1v) is 8.70. The van der Waals surface area contributed by atoms with Crippen LogP contribution in [0.4, 0.5) is 8.78 Å². The standard InChI is InChI=1S/C23H20F2O/c1-3-4-20-13-14-21(23(25)22(20)24)19-11-9-18(10-12-19)17-7-5-16(6-8-17)15(2)26/h5-14H,3-4H2,1-2H3. The van der Waals surface area contributed by atoms with Crippen LogP contribution in [0.15, 0.2) is 60.7 Å². The Morgan fingerprint density at radius 2 is 1.31 bits per heavy atom. The van der Waals surface area contributed by atoms with Gasteiger partial charge in [-0.1, -0.05) is 74.0 Å². The van der Waals surface area contributed by atoms with Crippen molar-refractivity contribution in [3.63, 3.8) is 0 Å². The number of aryl methyl sites for hydroxylation is 1. The van der Waals surface area contributed by atoms with Gasteiger partial charge in [-0.15, -0.1) is 0 Å². The first kappa shape index (κ1) is 18.0. The van der Waals surface area contributed by atoms with Crippen LogP contribution in [0, 0.1) is 11.6 Å². The third-order valence-electron chi connectivity index (χ3n) is 4.50. The van der Waals surface area contributed by atoms with E-state index in [9.17, 15) is 13.6 Å². The summed E-state index contributed by atoms with van der Waals surface area (Å²) in [5.41, 5.74) is 3.89. The zero-order chi connectivity index (χ0) is 18.7. The minimum absolute atomic E-state index is 0.0240. The molecule has 0 atom stereocenters. The molecular formula is C23H20F2O. The molecule has 0 heterocycles. The van der Waals surface area contributed by atoms with Crippen LogP contribution in [0.1, 0.15) is 36.2 Å². The first-order chi connectivity index (χ1) is 12.5. The molecule has 0 aliphatic rings. The monoisotopic (exact) mass is 350 g/mol. The summed E-state index contributed by atoms with van der Waals surface area (Å²) < 4.78 is 28.6. The Hall–Kier alpha value is -2.81. The molecule has 3 aromatic rings. The predicted molar refractivity (Wildman–Crippen MR) is 101 cm³/mol. The van der Waals surface area contributed by atoms with Gasteiger partial charge in [0.1, 0.15) is 0 Å². The predicted octanol–water partition coefficient (Wildman–Crippen LogP) is 6.45. The number of ketones is 1. The highest BCUT2D eigenvalue weighted by molar-refractivity contribution is 5.94. The molecular weight excluding hydrogens is 330 g/mol. The second kappa shape index (κ2) is 7.61. The number of halogens is 2. The number of hydrogen-bond acceptors (Lipinski definition) is 1. The maximum absolute atomic E-state index is 14.4. The summed E-state index contributed by atoms with van der Waals surface area (Å²) in [6, 6.07) is 17.9. The van der Waals surface area contributed by atoms with Crippen LogP contribution >= 0.6 is 0 Å². The highest BCUT2D eigenvalue weighted by Crippen LogP contribution is 2.29. The van der Waals surface area contributed by atoms with Gasteiger partial charge in [0.05, 0.1) is 0 Å². The van der Waals surface area contributed by atoms with Gasteiger partial charge >= 0.3 is 0 Å². The molecule has 3 rings (SSSR count). The average Bonchev–Trinajstić information content (AvgIpc) is 2.66. The van der Waals surface area contributed by atoms with Gasteiger partial charge in [-0.05, 0) is 35.6 Å². The van der Waals surface area contributed by atoms with Crippen LogP contribution < -0.4 is 0 Å². The first-order valence-electron chi connectivity index (χ1n) is 8.70. The number of hydrogen-bond donors (Lipinski definition) is 0. The van der Waals surface area contributed by atoms with Crippen molar-refractivity contribution in [2.24, 2.45) is 0 Å². The van der Waals surface area contributed by atoms with Crippen molar-refractivity contribution in [2.45, 2.75) is 26.7 Å². The Bertz CT molecular complexity index is 926. The van der Waals surface area contributed by atoms with E-state index in [-0.39, 0.29) is 11.3 Å². The Labute approximate surface area is 152 Å². The summed E-state index contributed by atoms with van der Waals surface area (Å²) in [5, 5.41) is 0. The fourth-order valence-corrected chi connectivity index (χ4v) is 3.01. The molecule has 0 aliphatic carbocycles. The SMILES string of the molecule is CCCc1ccc(-c2ccc(-c3ccc(C(C)=O)cc3)cc2)c(F)c1F. The van der Waals surface area contributed by atoms with E-state index in [0.29, 0.717) is 23.1 Å². The molecule has 0 fully saturated rings. The molecule has 0 aliphatic heterocycles. The molecule has 3 heteroatoms. The summed E-state index contributed by atoms with van der Waals surface area (Å²) in [6.45, 7) is 3.47. The van der Waals surface area contributed by atoms with Crippen molar-refractivity contribution in [2.75, 3.05) is 0 Å². The second-order valence-corrected chi connectivity index (χ2v) is 6.36. The summed E-state index contributed by atoms with van der Waals surface area (Å²) in [6.07, 6.45) is 1.30. The molecule has 0 aromatic heterocycles. The molecule has 3 aromatic carbocycles. The van der Waals surface area contributed by atoms with E-state index >= 15 is 0 Å². The quantitative estimate of drug-likeness (QED) is 0.483. The minimum Gasteiger partial charge on any atom is -0.295 e. The highest BCUT2D eigenvalue weighted by Gasteiger charge is 2.14. The molecule has 0 saturated heterocycles. The fraction of sp³-hybridized carbons (Fsp3) is 0.174.